The van der Waals surface area contributed by atoms with Crippen LogP contribution in [0.3, 0.4) is 0 Å². The number of phenolic OH excluding ortho intramolecular Hbond substituents is 1. The van der Waals surface area contributed by atoms with E-state index in [1.807, 2.05) is 6.92 Å². The molecule has 1 atom stereocenters. The summed E-state index contributed by atoms with van der Waals surface area (Å²) in [6, 6.07) is 4.29. The summed E-state index contributed by atoms with van der Waals surface area (Å²) in [5.41, 5.74) is 6.13. The van der Waals surface area contributed by atoms with E-state index in [0.717, 1.165) is 6.42 Å². The Morgan fingerprint density at radius 3 is 2.80 bits per heavy atom. The van der Waals surface area contributed by atoms with Crippen molar-refractivity contribution >= 4 is 0 Å². The van der Waals surface area contributed by atoms with Crippen LogP contribution in [0.5, 0.6) is 11.5 Å². The molecule has 1 rings (SSSR count). The lowest BCUT2D eigenvalue weighted by molar-refractivity contribution is 0.264. The van der Waals surface area contributed by atoms with Crippen LogP contribution in [0.1, 0.15) is 24.9 Å². The maximum absolute atomic E-state index is 9.52. The number of hydrogen-bond acceptors (Lipinski definition) is 4. The molecule has 0 aromatic heterocycles. The van der Waals surface area contributed by atoms with Gasteiger partial charge in [0.2, 0.25) is 0 Å². The zero-order chi connectivity index (χ0) is 11.3. The molecule has 0 heterocycles. The topological polar surface area (TPSA) is 75.7 Å². The van der Waals surface area contributed by atoms with Gasteiger partial charge in [-0.15, -0.1) is 0 Å². The van der Waals surface area contributed by atoms with Crippen molar-refractivity contribution < 1.29 is 14.9 Å². The first-order chi connectivity index (χ1) is 7.19. The quantitative estimate of drug-likeness (QED) is 0.683. The molecule has 4 heteroatoms. The van der Waals surface area contributed by atoms with Gasteiger partial charge in [-0.2, -0.15) is 0 Å². The van der Waals surface area contributed by atoms with Crippen molar-refractivity contribution in [2.24, 2.45) is 5.73 Å². The van der Waals surface area contributed by atoms with Crippen LogP contribution in [-0.2, 0) is 0 Å². The van der Waals surface area contributed by atoms with Gasteiger partial charge in [0.05, 0.1) is 19.3 Å². The molecule has 1 aromatic carbocycles. The molecule has 0 saturated carbocycles. The second-order valence-electron chi connectivity index (χ2n) is 3.36. The summed E-state index contributed by atoms with van der Waals surface area (Å²) in [7, 11) is 0. The van der Waals surface area contributed by atoms with E-state index in [9.17, 15) is 5.11 Å². The number of benzene rings is 1. The van der Waals surface area contributed by atoms with Crippen molar-refractivity contribution in [3.8, 4) is 11.5 Å². The molecule has 0 unspecified atom stereocenters. The highest BCUT2D eigenvalue weighted by Crippen LogP contribution is 2.27. The summed E-state index contributed by atoms with van der Waals surface area (Å²) in [5.74, 6) is 0.744. The molecule has 0 aliphatic carbocycles. The third-order valence-corrected chi connectivity index (χ3v) is 2.07. The fraction of sp³-hybridized carbons (Fsp3) is 0.455. The number of aromatic hydroxyl groups is 1. The third kappa shape index (κ3) is 3.11. The zero-order valence-electron chi connectivity index (χ0n) is 8.81. The minimum Gasteiger partial charge on any atom is -0.508 e. The lowest BCUT2D eigenvalue weighted by atomic mass is 10.1. The average molecular weight is 211 g/mol. The lowest BCUT2D eigenvalue weighted by Gasteiger charge is -2.12. The summed E-state index contributed by atoms with van der Waals surface area (Å²) < 4.78 is 5.40. The predicted molar refractivity (Wildman–Crippen MR) is 57.9 cm³/mol. The fourth-order valence-corrected chi connectivity index (χ4v) is 1.24. The Hall–Kier alpha value is -1.26. The number of aliphatic hydroxyl groups excluding tert-OH is 1. The smallest absolute Gasteiger partial charge is 0.120 e. The van der Waals surface area contributed by atoms with Crippen molar-refractivity contribution in [2.75, 3.05) is 13.2 Å². The molecule has 0 spiro atoms. The van der Waals surface area contributed by atoms with Crippen molar-refractivity contribution in [1.29, 1.82) is 0 Å². The molecule has 0 radical (unpaired) electrons. The molecule has 0 aliphatic rings. The standard InChI is InChI=1S/C11H17NO3/c1-2-5-15-8-3-4-11(14)9(6-8)10(12)7-13/h3-4,6,10,13-14H,2,5,7,12H2,1H3/t10-/m0/s1. The van der Waals surface area contributed by atoms with Gasteiger partial charge < -0.3 is 20.7 Å². The van der Waals surface area contributed by atoms with E-state index < -0.39 is 6.04 Å². The van der Waals surface area contributed by atoms with Crippen molar-refractivity contribution in [1.82, 2.24) is 0 Å². The molecular formula is C11H17NO3. The van der Waals surface area contributed by atoms with Gasteiger partial charge in [0.1, 0.15) is 11.5 Å². The maximum atomic E-state index is 9.52. The molecule has 4 nitrogen and oxygen atoms in total. The van der Waals surface area contributed by atoms with Gasteiger partial charge in [0.25, 0.3) is 0 Å². The van der Waals surface area contributed by atoms with Gasteiger partial charge in [-0.1, -0.05) is 6.92 Å². The molecule has 1 aromatic rings. The Labute approximate surface area is 89.3 Å². The van der Waals surface area contributed by atoms with E-state index in [1.165, 1.54) is 6.07 Å². The summed E-state index contributed by atoms with van der Waals surface area (Å²) in [6.07, 6.45) is 0.919. The largest absolute Gasteiger partial charge is 0.508 e. The molecule has 84 valence electrons. The van der Waals surface area contributed by atoms with Crippen molar-refractivity contribution in [2.45, 2.75) is 19.4 Å². The number of aliphatic hydroxyl groups is 1. The Bertz CT molecular complexity index is 315. The van der Waals surface area contributed by atoms with Crippen LogP contribution in [0, 0.1) is 0 Å². The predicted octanol–water partition coefficient (Wildman–Crippen LogP) is 1.17. The zero-order valence-corrected chi connectivity index (χ0v) is 8.81. The number of phenols is 1. The van der Waals surface area contributed by atoms with Crippen LogP contribution in [0.25, 0.3) is 0 Å². The molecule has 0 fully saturated rings. The fourth-order valence-electron chi connectivity index (χ4n) is 1.24. The third-order valence-electron chi connectivity index (χ3n) is 2.07. The first-order valence-electron chi connectivity index (χ1n) is 5.01. The minimum atomic E-state index is -0.574. The average Bonchev–Trinajstić information content (AvgIpc) is 2.27. The summed E-state index contributed by atoms with van der Waals surface area (Å²) in [5, 5.41) is 18.4. The van der Waals surface area contributed by atoms with Crippen molar-refractivity contribution in [3.63, 3.8) is 0 Å². The van der Waals surface area contributed by atoms with Crippen LogP contribution in [0.2, 0.25) is 0 Å². The number of hydrogen-bond donors (Lipinski definition) is 3. The van der Waals surface area contributed by atoms with E-state index in [0.29, 0.717) is 17.9 Å². The number of nitrogens with two attached hydrogens (primary N) is 1. The molecule has 0 saturated heterocycles. The van der Waals surface area contributed by atoms with Gasteiger partial charge in [0, 0.05) is 5.56 Å². The van der Waals surface area contributed by atoms with Crippen molar-refractivity contribution in [3.05, 3.63) is 23.8 Å². The molecule has 0 aliphatic heterocycles. The van der Waals surface area contributed by atoms with E-state index in [-0.39, 0.29) is 12.4 Å². The van der Waals surface area contributed by atoms with Crippen LogP contribution in [-0.4, -0.2) is 23.4 Å². The highest BCUT2D eigenvalue weighted by molar-refractivity contribution is 5.41. The summed E-state index contributed by atoms with van der Waals surface area (Å²) in [4.78, 5) is 0. The normalized spacial score (nSPS) is 12.5. The Kier molecular flexibility index (Phi) is 4.39. The van der Waals surface area contributed by atoms with Crippen LogP contribution >= 0.6 is 0 Å². The van der Waals surface area contributed by atoms with E-state index >= 15 is 0 Å². The highest BCUT2D eigenvalue weighted by Gasteiger charge is 2.10. The first-order valence-corrected chi connectivity index (χ1v) is 5.01. The number of ether oxygens (including phenoxy) is 1. The van der Waals surface area contributed by atoms with E-state index in [1.54, 1.807) is 12.1 Å². The molecular weight excluding hydrogens is 194 g/mol. The molecule has 0 amide bonds. The van der Waals surface area contributed by atoms with Gasteiger partial charge in [-0.25, -0.2) is 0 Å². The Morgan fingerprint density at radius 2 is 2.20 bits per heavy atom. The Balaban J connectivity index is 2.84. The van der Waals surface area contributed by atoms with E-state index in [2.05, 4.69) is 0 Å². The number of rotatable bonds is 5. The molecule has 4 N–H and O–H groups in total. The Morgan fingerprint density at radius 1 is 1.47 bits per heavy atom. The van der Waals surface area contributed by atoms with Gasteiger partial charge in [-0.05, 0) is 24.6 Å². The van der Waals surface area contributed by atoms with Crippen LogP contribution < -0.4 is 10.5 Å². The summed E-state index contributed by atoms with van der Waals surface area (Å²) >= 11 is 0. The second-order valence-corrected chi connectivity index (χ2v) is 3.36. The molecule has 0 bridgehead atoms. The first kappa shape index (κ1) is 11.8. The van der Waals surface area contributed by atoms with Gasteiger partial charge in [0.15, 0.2) is 0 Å². The highest BCUT2D eigenvalue weighted by atomic mass is 16.5. The summed E-state index contributed by atoms with van der Waals surface area (Å²) in [6.45, 7) is 2.43. The monoisotopic (exact) mass is 211 g/mol. The van der Waals surface area contributed by atoms with Crippen LogP contribution in [0.4, 0.5) is 0 Å². The minimum absolute atomic E-state index is 0.0837. The maximum Gasteiger partial charge on any atom is 0.120 e. The van der Waals surface area contributed by atoms with Crippen LogP contribution in [0.15, 0.2) is 18.2 Å². The molecule has 15 heavy (non-hydrogen) atoms. The SMILES string of the molecule is CCCOc1ccc(O)c([C@@H](N)CO)c1. The lowest BCUT2D eigenvalue weighted by Crippen LogP contribution is -2.14. The van der Waals surface area contributed by atoms with Gasteiger partial charge in [-0.3, -0.25) is 0 Å². The second kappa shape index (κ2) is 5.58. The van der Waals surface area contributed by atoms with Gasteiger partial charge >= 0.3 is 0 Å². The van der Waals surface area contributed by atoms with E-state index in [4.69, 9.17) is 15.6 Å².